The molecule has 14 heavy (non-hydrogen) atoms. The van der Waals surface area contributed by atoms with Gasteiger partial charge in [-0.15, -0.1) is 11.3 Å². The highest BCUT2D eigenvalue weighted by atomic mass is 32.1. The molecule has 0 bridgehead atoms. The Hall–Kier alpha value is -0.940. The van der Waals surface area contributed by atoms with Gasteiger partial charge in [0.1, 0.15) is 0 Å². The molecule has 0 fully saturated rings. The third-order valence-electron chi connectivity index (χ3n) is 2.22. The van der Waals surface area contributed by atoms with Gasteiger partial charge in [0.25, 0.3) is 0 Å². The monoisotopic (exact) mass is 213 g/mol. The van der Waals surface area contributed by atoms with Crippen molar-refractivity contribution in [3.05, 3.63) is 11.6 Å². The first-order valence-electron chi connectivity index (χ1n) is 4.61. The first kappa shape index (κ1) is 11.1. The lowest BCUT2D eigenvalue weighted by Crippen LogP contribution is -2.40. The Morgan fingerprint density at radius 2 is 2.50 bits per heavy atom. The van der Waals surface area contributed by atoms with Crippen molar-refractivity contribution in [3.8, 4) is 0 Å². The Morgan fingerprint density at radius 1 is 1.79 bits per heavy atom. The molecule has 0 saturated carbocycles. The molecule has 1 aromatic heterocycles. The summed E-state index contributed by atoms with van der Waals surface area (Å²) >= 11 is 1.39. The normalized spacial score (nSPS) is 14.8. The Morgan fingerprint density at radius 3 is 3.00 bits per heavy atom. The standard InChI is InChI=1S/C9H15N3OS/c1-3-6(2)7(10)8(13)12-9-11-4-5-14-9/h4-7H,3,10H2,1-2H3,(H,11,12,13). The van der Waals surface area contributed by atoms with E-state index in [0.29, 0.717) is 5.13 Å². The number of hydrogen-bond acceptors (Lipinski definition) is 4. The third kappa shape index (κ3) is 2.78. The largest absolute Gasteiger partial charge is 0.320 e. The van der Waals surface area contributed by atoms with Crippen LogP contribution in [0.25, 0.3) is 0 Å². The Bertz CT molecular complexity index is 286. The Balaban J connectivity index is 2.50. The third-order valence-corrected chi connectivity index (χ3v) is 2.91. The molecular weight excluding hydrogens is 198 g/mol. The van der Waals surface area contributed by atoms with E-state index in [1.165, 1.54) is 11.3 Å². The van der Waals surface area contributed by atoms with Crippen LogP contribution < -0.4 is 11.1 Å². The maximum absolute atomic E-state index is 11.5. The van der Waals surface area contributed by atoms with Gasteiger partial charge in [-0.1, -0.05) is 20.3 Å². The van der Waals surface area contributed by atoms with E-state index in [1.807, 2.05) is 19.2 Å². The van der Waals surface area contributed by atoms with Crippen LogP contribution in [0.1, 0.15) is 20.3 Å². The van der Waals surface area contributed by atoms with E-state index in [4.69, 9.17) is 5.73 Å². The highest BCUT2D eigenvalue weighted by molar-refractivity contribution is 7.13. The number of rotatable bonds is 4. The minimum Gasteiger partial charge on any atom is -0.320 e. The topological polar surface area (TPSA) is 68.0 Å². The average molecular weight is 213 g/mol. The van der Waals surface area contributed by atoms with Gasteiger partial charge in [-0.05, 0) is 5.92 Å². The molecule has 1 aromatic rings. The van der Waals surface area contributed by atoms with Gasteiger partial charge in [0.05, 0.1) is 6.04 Å². The molecule has 1 heterocycles. The minimum atomic E-state index is -0.455. The number of aromatic nitrogens is 1. The predicted molar refractivity (Wildman–Crippen MR) is 58.2 cm³/mol. The van der Waals surface area contributed by atoms with Gasteiger partial charge in [-0.25, -0.2) is 4.98 Å². The van der Waals surface area contributed by atoms with E-state index in [-0.39, 0.29) is 11.8 Å². The number of carbonyl (C=O) groups excluding carboxylic acids is 1. The second kappa shape index (κ2) is 5.07. The minimum absolute atomic E-state index is 0.158. The van der Waals surface area contributed by atoms with Gasteiger partial charge in [0.2, 0.25) is 5.91 Å². The van der Waals surface area contributed by atoms with Crippen molar-refractivity contribution in [3.63, 3.8) is 0 Å². The summed E-state index contributed by atoms with van der Waals surface area (Å²) in [5.41, 5.74) is 5.75. The molecule has 2 unspecified atom stereocenters. The van der Waals surface area contributed by atoms with E-state index >= 15 is 0 Å². The fourth-order valence-corrected chi connectivity index (χ4v) is 1.52. The molecule has 0 spiro atoms. The zero-order chi connectivity index (χ0) is 10.6. The van der Waals surface area contributed by atoms with Gasteiger partial charge < -0.3 is 11.1 Å². The smallest absolute Gasteiger partial charge is 0.243 e. The summed E-state index contributed by atoms with van der Waals surface area (Å²) in [6.07, 6.45) is 2.54. The lowest BCUT2D eigenvalue weighted by Gasteiger charge is -2.16. The van der Waals surface area contributed by atoms with Gasteiger partial charge in [0, 0.05) is 11.6 Å². The fourth-order valence-electron chi connectivity index (χ4n) is 0.986. The number of nitrogens with two attached hydrogens (primary N) is 1. The van der Waals surface area contributed by atoms with Crippen LogP contribution in [0.2, 0.25) is 0 Å². The van der Waals surface area contributed by atoms with Gasteiger partial charge in [0.15, 0.2) is 5.13 Å². The molecule has 78 valence electrons. The van der Waals surface area contributed by atoms with E-state index < -0.39 is 6.04 Å². The highest BCUT2D eigenvalue weighted by Crippen LogP contribution is 2.12. The first-order valence-corrected chi connectivity index (χ1v) is 5.49. The maximum Gasteiger partial charge on any atom is 0.243 e. The SMILES string of the molecule is CCC(C)C(N)C(=O)Nc1nccs1. The van der Waals surface area contributed by atoms with Gasteiger partial charge >= 0.3 is 0 Å². The second-order valence-electron chi connectivity index (χ2n) is 3.24. The molecule has 0 aromatic carbocycles. The average Bonchev–Trinajstić information content (AvgIpc) is 2.68. The molecule has 0 aliphatic carbocycles. The van der Waals surface area contributed by atoms with Crippen LogP contribution in [-0.2, 0) is 4.79 Å². The Labute approximate surface area is 87.5 Å². The van der Waals surface area contributed by atoms with E-state index in [2.05, 4.69) is 10.3 Å². The van der Waals surface area contributed by atoms with Crippen molar-refractivity contribution in [2.45, 2.75) is 26.3 Å². The van der Waals surface area contributed by atoms with Crippen LogP contribution in [0, 0.1) is 5.92 Å². The lowest BCUT2D eigenvalue weighted by molar-refractivity contribution is -0.118. The molecular formula is C9H15N3OS. The number of hydrogen-bond donors (Lipinski definition) is 2. The van der Waals surface area contributed by atoms with E-state index in [9.17, 15) is 4.79 Å². The number of nitrogens with one attached hydrogen (secondary N) is 1. The summed E-state index contributed by atoms with van der Waals surface area (Å²) in [5, 5.41) is 5.10. The highest BCUT2D eigenvalue weighted by Gasteiger charge is 2.19. The van der Waals surface area contributed by atoms with Crippen LogP contribution in [0.4, 0.5) is 5.13 Å². The molecule has 0 aliphatic heterocycles. The second-order valence-corrected chi connectivity index (χ2v) is 4.13. The zero-order valence-electron chi connectivity index (χ0n) is 8.36. The number of carbonyl (C=O) groups is 1. The summed E-state index contributed by atoms with van der Waals surface area (Å²) < 4.78 is 0. The van der Waals surface area contributed by atoms with Crippen LogP contribution in [-0.4, -0.2) is 16.9 Å². The molecule has 2 atom stereocenters. The lowest BCUT2D eigenvalue weighted by atomic mass is 10.00. The molecule has 4 nitrogen and oxygen atoms in total. The van der Waals surface area contributed by atoms with Crippen molar-refractivity contribution in [1.29, 1.82) is 0 Å². The Kier molecular flexibility index (Phi) is 4.03. The van der Waals surface area contributed by atoms with Gasteiger partial charge in [-0.3, -0.25) is 4.79 Å². The molecule has 0 saturated heterocycles. The van der Waals surface area contributed by atoms with E-state index in [1.54, 1.807) is 6.20 Å². The number of anilines is 1. The maximum atomic E-state index is 11.5. The van der Waals surface area contributed by atoms with Crippen LogP contribution in [0.3, 0.4) is 0 Å². The predicted octanol–water partition coefficient (Wildman–Crippen LogP) is 1.45. The molecule has 5 heteroatoms. The van der Waals surface area contributed by atoms with Crippen molar-refractivity contribution < 1.29 is 4.79 Å². The van der Waals surface area contributed by atoms with Crippen molar-refractivity contribution in [2.75, 3.05) is 5.32 Å². The summed E-state index contributed by atoms with van der Waals surface area (Å²) in [7, 11) is 0. The molecule has 1 rings (SSSR count). The quantitative estimate of drug-likeness (QED) is 0.795. The van der Waals surface area contributed by atoms with E-state index in [0.717, 1.165) is 6.42 Å². The molecule has 1 amide bonds. The number of amides is 1. The van der Waals surface area contributed by atoms with Crippen molar-refractivity contribution >= 4 is 22.4 Å². The van der Waals surface area contributed by atoms with Gasteiger partial charge in [-0.2, -0.15) is 0 Å². The first-order chi connectivity index (χ1) is 6.65. The number of thiazole rings is 1. The fraction of sp³-hybridized carbons (Fsp3) is 0.556. The van der Waals surface area contributed by atoms with Crippen molar-refractivity contribution in [1.82, 2.24) is 4.98 Å². The molecule has 3 N–H and O–H groups in total. The summed E-state index contributed by atoms with van der Waals surface area (Å²) in [4.78, 5) is 15.5. The summed E-state index contributed by atoms with van der Waals surface area (Å²) in [6, 6.07) is -0.455. The zero-order valence-corrected chi connectivity index (χ0v) is 9.17. The number of nitrogens with zero attached hydrogens (tertiary/aromatic N) is 1. The molecule has 0 aliphatic rings. The van der Waals surface area contributed by atoms with Crippen LogP contribution >= 0.6 is 11.3 Å². The van der Waals surface area contributed by atoms with Crippen LogP contribution in [0.15, 0.2) is 11.6 Å². The summed E-state index contributed by atoms with van der Waals surface area (Å²) in [5.74, 6) is 0.0317. The molecule has 0 radical (unpaired) electrons. The summed E-state index contributed by atoms with van der Waals surface area (Å²) in [6.45, 7) is 3.98. The van der Waals surface area contributed by atoms with Crippen LogP contribution in [0.5, 0.6) is 0 Å². The van der Waals surface area contributed by atoms with Crippen molar-refractivity contribution in [2.24, 2.45) is 11.7 Å².